The minimum atomic E-state index is 0.109. The Balaban J connectivity index is 0.000000136. The highest BCUT2D eigenvalue weighted by Crippen LogP contribution is 2.22. The predicted molar refractivity (Wildman–Crippen MR) is 106 cm³/mol. The third kappa shape index (κ3) is 3.24. The van der Waals surface area contributed by atoms with Gasteiger partial charge in [-0.15, -0.1) is 0 Å². The van der Waals surface area contributed by atoms with Crippen LogP contribution in [0.5, 0.6) is 0 Å². The van der Waals surface area contributed by atoms with E-state index in [2.05, 4.69) is 22.1 Å². The maximum atomic E-state index is 11.6. The summed E-state index contributed by atoms with van der Waals surface area (Å²) in [6.45, 7) is 2.01. The number of fused-ring (bicyclic) bond motifs is 3. The van der Waals surface area contributed by atoms with Gasteiger partial charge in [-0.3, -0.25) is 9.78 Å². The van der Waals surface area contributed by atoms with E-state index in [1.54, 1.807) is 0 Å². The van der Waals surface area contributed by atoms with Crippen molar-refractivity contribution < 1.29 is 4.79 Å². The fourth-order valence-electron chi connectivity index (χ4n) is 3.04. The molecule has 2 aromatic heterocycles. The van der Waals surface area contributed by atoms with Crippen molar-refractivity contribution in [1.82, 2.24) is 9.97 Å². The van der Waals surface area contributed by atoms with Crippen LogP contribution in [0.4, 0.5) is 0 Å². The number of hydrogen-bond donors (Lipinski definition) is 0. The topological polar surface area (TPSA) is 42.9 Å². The molecule has 0 fully saturated rings. The minimum Gasteiger partial charge on any atom is -0.292 e. The lowest BCUT2D eigenvalue weighted by Gasteiger charge is -2.09. The fourth-order valence-corrected chi connectivity index (χ4v) is 3.04. The molecule has 1 aliphatic carbocycles. The molecule has 126 valence electrons. The zero-order chi connectivity index (χ0) is 17.9. The first-order chi connectivity index (χ1) is 12.7. The molecule has 0 saturated heterocycles. The number of rotatable bonds is 0. The molecular formula is C23H18N2O. The molecule has 5 rings (SSSR count). The maximum absolute atomic E-state index is 11.6. The first-order valence-corrected chi connectivity index (χ1v) is 8.63. The van der Waals surface area contributed by atoms with Gasteiger partial charge in [-0.1, -0.05) is 54.6 Å². The molecule has 0 N–H and O–H groups in total. The number of ketones is 1. The first kappa shape index (κ1) is 16.2. The number of Topliss-reactive ketones (excluding diaryl/α,β-unsaturated/α-hetero) is 1. The SMILES string of the molecule is Cc1ccc2ccccc2n1.O=C1CC=Cc2cc3ccccc3nc21. The van der Waals surface area contributed by atoms with E-state index in [1.807, 2.05) is 73.7 Å². The summed E-state index contributed by atoms with van der Waals surface area (Å²) in [6, 6.07) is 22.1. The van der Waals surface area contributed by atoms with E-state index >= 15 is 0 Å². The van der Waals surface area contributed by atoms with E-state index < -0.39 is 0 Å². The second-order valence-electron chi connectivity index (χ2n) is 6.29. The highest BCUT2D eigenvalue weighted by Gasteiger charge is 2.15. The fraction of sp³-hybridized carbons (Fsp3) is 0.0870. The summed E-state index contributed by atoms with van der Waals surface area (Å²) in [4.78, 5) is 20.4. The Labute approximate surface area is 152 Å². The Kier molecular flexibility index (Phi) is 4.28. The number of aromatic nitrogens is 2. The average molecular weight is 338 g/mol. The molecule has 3 heteroatoms. The molecule has 0 radical (unpaired) electrons. The molecule has 0 bridgehead atoms. The van der Waals surface area contributed by atoms with Gasteiger partial charge < -0.3 is 0 Å². The van der Waals surface area contributed by atoms with Gasteiger partial charge in [-0.05, 0) is 31.2 Å². The molecule has 4 aromatic rings. The van der Waals surface area contributed by atoms with Crippen LogP contribution in [0.25, 0.3) is 27.9 Å². The predicted octanol–water partition coefficient (Wildman–Crippen LogP) is 5.38. The monoisotopic (exact) mass is 338 g/mol. The van der Waals surface area contributed by atoms with Gasteiger partial charge in [-0.2, -0.15) is 0 Å². The van der Waals surface area contributed by atoms with Crippen LogP contribution < -0.4 is 0 Å². The normalized spacial score (nSPS) is 12.6. The number of nitrogens with zero attached hydrogens (tertiary/aromatic N) is 2. The zero-order valence-electron chi connectivity index (χ0n) is 14.5. The summed E-state index contributed by atoms with van der Waals surface area (Å²) in [5.74, 6) is 0.109. The van der Waals surface area contributed by atoms with E-state index in [4.69, 9.17) is 0 Å². The summed E-state index contributed by atoms with van der Waals surface area (Å²) in [6.07, 6.45) is 4.33. The van der Waals surface area contributed by atoms with Gasteiger partial charge in [0.15, 0.2) is 5.78 Å². The number of para-hydroxylation sites is 2. The van der Waals surface area contributed by atoms with Crippen molar-refractivity contribution in [2.24, 2.45) is 0 Å². The van der Waals surface area contributed by atoms with Crippen molar-refractivity contribution in [2.75, 3.05) is 0 Å². The number of pyridine rings is 2. The van der Waals surface area contributed by atoms with Crippen LogP contribution in [0.1, 0.15) is 28.2 Å². The second kappa shape index (κ2) is 6.89. The van der Waals surface area contributed by atoms with Crippen LogP contribution in [0, 0.1) is 6.92 Å². The summed E-state index contributed by atoms with van der Waals surface area (Å²) < 4.78 is 0. The maximum Gasteiger partial charge on any atom is 0.185 e. The largest absolute Gasteiger partial charge is 0.292 e. The van der Waals surface area contributed by atoms with Gasteiger partial charge in [0.05, 0.1) is 11.0 Å². The molecule has 0 spiro atoms. The molecule has 26 heavy (non-hydrogen) atoms. The number of carbonyl (C=O) groups excluding carboxylic acids is 1. The summed E-state index contributed by atoms with van der Waals surface area (Å²) >= 11 is 0. The summed E-state index contributed by atoms with van der Waals surface area (Å²) in [7, 11) is 0. The molecule has 0 saturated carbocycles. The van der Waals surface area contributed by atoms with E-state index in [-0.39, 0.29) is 5.78 Å². The molecular weight excluding hydrogens is 320 g/mol. The van der Waals surface area contributed by atoms with Crippen molar-refractivity contribution in [3.05, 3.63) is 89.8 Å². The lowest BCUT2D eigenvalue weighted by Crippen LogP contribution is -2.07. The standard InChI is InChI=1S/C13H9NO.C10H9N/c15-12-7-3-5-10-8-9-4-1-2-6-11(9)14-13(10)12;1-8-6-7-9-4-2-3-5-10(9)11-8/h1-6,8H,7H2;2-7H,1H3. The lowest BCUT2D eigenvalue weighted by molar-refractivity contribution is 0.0990. The number of hydrogen-bond acceptors (Lipinski definition) is 3. The Morgan fingerprint density at radius 3 is 2.31 bits per heavy atom. The minimum absolute atomic E-state index is 0.109. The summed E-state index contributed by atoms with van der Waals surface area (Å²) in [5.41, 5.74) is 4.58. The van der Waals surface area contributed by atoms with Crippen molar-refractivity contribution in [3.63, 3.8) is 0 Å². The van der Waals surface area contributed by atoms with Crippen LogP contribution in [-0.2, 0) is 0 Å². The van der Waals surface area contributed by atoms with Crippen LogP contribution in [-0.4, -0.2) is 15.8 Å². The number of carbonyl (C=O) groups is 1. The Morgan fingerprint density at radius 1 is 0.808 bits per heavy atom. The van der Waals surface area contributed by atoms with Crippen LogP contribution in [0.2, 0.25) is 0 Å². The highest BCUT2D eigenvalue weighted by atomic mass is 16.1. The quantitative estimate of drug-likeness (QED) is 0.432. The van der Waals surface area contributed by atoms with Crippen LogP contribution >= 0.6 is 0 Å². The van der Waals surface area contributed by atoms with Crippen molar-refractivity contribution in [2.45, 2.75) is 13.3 Å². The third-order valence-electron chi connectivity index (χ3n) is 4.36. The van der Waals surface area contributed by atoms with E-state index in [9.17, 15) is 4.79 Å². The molecule has 0 atom stereocenters. The second-order valence-corrected chi connectivity index (χ2v) is 6.29. The van der Waals surface area contributed by atoms with Gasteiger partial charge in [0.25, 0.3) is 0 Å². The Hall–Kier alpha value is -3.33. The summed E-state index contributed by atoms with van der Waals surface area (Å²) in [5, 5.41) is 2.29. The zero-order valence-corrected chi connectivity index (χ0v) is 14.5. The van der Waals surface area contributed by atoms with Gasteiger partial charge >= 0.3 is 0 Å². The molecule has 0 amide bonds. The molecule has 2 aromatic carbocycles. The number of benzene rings is 2. The van der Waals surface area contributed by atoms with E-state index in [0.717, 1.165) is 27.7 Å². The van der Waals surface area contributed by atoms with Crippen molar-refractivity contribution in [3.8, 4) is 0 Å². The van der Waals surface area contributed by atoms with Gasteiger partial charge in [0.1, 0.15) is 5.69 Å². The molecule has 2 heterocycles. The third-order valence-corrected chi connectivity index (χ3v) is 4.36. The van der Waals surface area contributed by atoms with Crippen LogP contribution in [0.15, 0.2) is 72.8 Å². The Bertz CT molecular complexity index is 1150. The lowest BCUT2D eigenvalue weighted by atomic mass is 10.00. The molecule has 0 aliphatic heterocycles. The van der Waals surface area contributed by atoms with Gasteiger partial charge in [0.2, 0.25) is 0 Å². The Morgan fingerprint density at radius 2 is 1.50 bits per heavy atom. The van der Waals surface area contributed by atoms with Gasteiger partial charge in [0, 0.05) is 28.5 Å². The molecule has 0 unspecified atom stereocenters. The molecule has 3 nitrogen and oxygen atoms in total. The van der Waals surface area contributed by atoms with Crippen molar-refractivity contribution >= 4 is 33.7 Å². The van der Waals surface area contributed by atoms with E-state index in [1.165, 1.54) is 5.39 Å². The molecule has 1 aliphatic rings. The average Bonchev–Trinajstić information content (AvgIpc) is 2.67. The smallest absolute Gasteiger partial charge is 0.185 e. The van der Waals surface area contributed by atoms with Crippen molar-refractivity contribution in [1.29, 1.82) is 0 Å². The number of aryl methyl sites for hydroxylation is 1. The first-order valence-electron chi connectivity index (χ1n) is 8.63. The van der Waals surface area contributed by atoms with Crippen LogP contribution in [0.3, 0.4) is 0 Å². The van der Waals surface area contributed by atoms with E-state index in [0.29, 0.717) is 12.1 Å². The number of allylic oxidation sites excluding steroid dienone is 1. The van der Waals surface area contributed by atoms with Gasteiger partial charge in [-0.25, -0.2) is 4.98 Å². The highest BCUT2D eigenvalue weighted by molar-refractivity contribution is 6.03.